The number of aryl methyl sites for hydroxylation is 1. The van der Waals surface area contributed by atoms with Crippen LogP contribution in [-0.4, -0.2) is 40.9 Å². The van der Waals surface area contributed by atoms with Crippen molar-refractivity contribution in [2.75, 3.05) is 26.2 Å². The summed E-state index contributed by atoms with van der Waals surface area (Å²) >= 11 is 0. The van der Waals surface area contributed by atoms with Crippen LogP contribution >= 0.6 is 12.4 Å². The summed E-state index contributed by atoms with van der Waals surface area (Å²) in [5, 5.41) is 7.09. The number of halogens is 1. The Balaban J connectivity index is 0.00000182. The first kappa shape index (κ1) is 17.8. The Morgan fingerprint density at radius 1 is 1.00 bits per heavy atom. The molecule has 132 valence electrons. The Kier molecular flexibility index (Phi) is 5.61. The standard InChI is InChI=1S/C20H23N3O.ClH/c1-16-14-20(24-13-12-22-10-4-5-11-22)21-23(16)19-9-8-17-6-2-3-7-18(17)15-19;/h2-3,6-9,14-15H,4-5,10-13H2,1H3;1H. The van der Waals surface area contributed by atoms with Crippen molar-refractivity contribution in [2.24, 2.45) is 0 Å². The highest BCUT2D eigenvalue weighted by Crippen LogP contribution is 2.21. The maximum atomic E-state index is 5.86. The van der Waals surface area contributed by atoms with Gasteiger partial charge < -0.3 is 4.74 Å². The zero-order valence-corrected chi connectivity index (χ0v) is 15.3. The number of benzene rings is 2. The van der Waals surface area contributed by atoms with Crippen LogP contribution in [0.2, 0.25) is 0 Å². The molecule has 0 amide bonds. The summed E-state index contributed by atoms with van der Waals surface area (Å²) in [6.45, 7) is 6.16. The molecule has 0 radical (unpaired) electrons. The van der Waals surface area contributed by atoms with Crippen LogP contribution in [0.15, 0.2) is 48.5 Å². The van der Waals surface area contributed by atoms with Crippen LogP contribution < -0.4 is 4.74 Å². The van der Waals surface area contributed by atoms with Crippen LogP contribution in [0.5, 0.6) is 5.88 Å². The second kappa shape index (κ2) is 7.89. The van der Waals surface area contributed by atoms with E-state index < -0.39 is 0 Å². The van der Waals surface area contributed by atoms with Gasteiger partial charge in [0.25, 0.3) is 0 Å². The van der Waals surface area contributed by atoms with E-state index >= 15 is 0 Å². The number of hydrogen-bond donors (Lipinski definition) is 0. The zero-order valence-electron chi connectivity index (χ0n) is 14.5. The fourth-order valence-electron chi connectivity index (χ4n) is 3.37. The molecular weight excluding hydrogens is 334 g/mol. The summed E-state index contributed by atoms with van der Waals surface area (Å²) in [5.41, 5.74) is 2.15. The largest absolute Gasteiger partial charge is 0.475 e. The Morgan fingerprint density at radius 2 is 1.76 bits per heavy atom. The third-order valence-electron chi connectivity index (χ3n) is 4.70. The lowest BCUT2D eigenvalue weighted by Gasteiger charge is -2.13. The molecule has 0 unspecified atom stereocenters. The van der Waals surface area contributed by atoms with Gasteiger partial charge in [-0.25, -0.2) is 4.68 Å². The van der Waals surface area contributed by atoms with E-state index in [9.17, 15) is 0 Å². The van der Waals surface area contributed by atoms with Gasteiger partial charge in [0.05, 0.1) is 5.69 Å². The molecule has 4 rings (SSSR count). The van der Waals surface area contributed by atoms with Crippen LogP contribution in [0.3, 0.4) is 0 Å². The number of nitrogens with zero attached hydrogens (tertiary/aromatic N) is 3. The molecule has 0 N–H and O–H groups in total. The van der Waals surface area contributed by atoms with Crippen molar-refractivity contribution < 1.29 is 4.74 Å². The van der Waals surface area contributed by atoms with E-state index in [0.29, 0.717) is 12.5 Å². The molecule has 3 aromatic rings. The number of rotatable bonds is 5. The SMILES string of the molecule is Cc1cc(OCCN2CCCC2)nn1-c1ccc2ccccc2c1.Cl. The Bertz CT molecular complexity index is 840. The van der Waals surface area contributed by atoms with Gasteiger partial charge >= 0.3 is 0 Å². The molecule has 0 saturated carbocycles. The summed E-state index contributed by atoms with van der Waals surface area (Å²) < 4.78 is 7.82. The summed E-state index contributed by atoms with van der Waals surface area (Å²) in [7, 11) is 0. The summed E-state index contributed by atoms with van der Waals surface area (Å²) in [6.07, 6.45) is 2.63. The average molecular weight is 358 g/mol. The molecule has 25 heavy (non-hydrogen) atoms. The summed E-state index contributed by atoms with van der Waals surface area (Å²) in [5.74, 6) is 0.708. The fraction of sp³-hybridized carbons (Fsp3) is 0.350. The second-order valence-electron chi connectivity index (χ2n) is 6.46. The van der Waals surface area contributed by atoms with Crippen molar-refractivity contribution in [3.8, 4) is 11.6 Å². The molecule has 1 aromatic heterocycles. The molecule has 0 bridgehead atoms. The maximum Gasteiger partial charge on any atom is 0.233 e. The van der Waals surface area contributed by atoms with Crippen molar-refractivity contribution in [3.05, 3.63) is 54.2 Å². The third kappa shape index (κ3) is 3.97. The number of hydrogen-bond acceptors (Lipinski definition) is 3. The Labute approximate surface area is 154 Å². The van der Waals surface area contributed by atoms with E-state index in [2.05, 4.69) is 59.4 Å². The molecule has 1 fully saturated rings. The van der Waals surface area contributed by atoms with Gasteiger partial charge in [-0.3, -0.25) is 4.90 Å². The summed E-state index contributed by atoms with van der Waals surface area (Å²) in [6, 6.07) is 16.8. The molecule has 4 nitrogen and oxygen atoms in total. The van der Waals surface area contributed by atoms with Gasteiger partial charge in [0, 0.05) is 18.3 Å². The number of ether oxygens (including phenoxy) is 1. The first-order chi connectivity index (χ1) is 11.8. The minimum absolute atomic E-state index is 0. The van der Waals surface area contributed by atoms with Crippen molar-refractivity contribution in [2.45, 2.75) is 19.8 Å². The van der Waals surface area contributed by atoms with Crippen molar-refractivity contribution in [1.82, 2.24) is 14.7 Å². The molecule has 2 heterocycles. The minimum atomic E-state index is 0. The van der Waals surface area contributed by atoms with Gasteiger partial charge in [0.1, 0.15) is 6.61 Å². The quantitative estimate of drug-likeness (QED) is 0.684. The number of aromatic nitrogens is 2. The lowest BCUT2D eigenvalue weighted by molar-refractivity contribution is 0.231. The van der Waals surface area contributed by atoms with Gasteiger partial charge in [-0.1, -0.05) is 30.3 Å². The van der Waals surface area contributed by atoms with Crippen molar-refractivity contribution >= 4 is 23.2 Å². The lowest BCUT2D eigenvalue weighted by Crippen LogP contribution is -2.25. The van der Waals surface area contributed by atoms with Crippen LogP contribution in [-0.2, 0) is 0 Å². The maximum absolute atomic E-state index is 5.86. The van der Waals surface area contributed by atoms with E-state index in [4.69, 9.17) is 4.74 Å². The molecule has 0 aliphatic carbocycles. The zero-order chi connectivity index (χ0) is 16.4. The van der Waals surface area contributed by atoms with Crippen LogP contribution in [0, 0.1) is 6.92 Å². The average Bonchev–Trinajstić information content (AvgIpc) is 3.24. The molecule has 0 spiro atoms. The van der Waals surface area contributed by atoms with Gasteiger partial charge in [-0.2, -0.15) is 0 Å². The van der Waals surface area contributed by atoms with Crippen molar-refractivity contribution in [3.63, 3.8) is 0 Å². The third-order valence-corrected chi connectivity index (χ3v) is 4.70. The smallest absolute Gasteiger partial charge is 0.233 e. The first-order valence-electron chi connectivity index (χ1n) is 8.71. The monoisotopic (exact) mass is 357 g/mol. The highest BCUT2D eigenvalue weighted by molar-refractivity contribution is 5.85. The van der Waals surface area contributed by atoms with Gasteiger partial charge in [-0.15, -0.1) is 17.5 Å². The van der Waals surface area contributed by atoms with Gasteiger partial charge in [0.15, 0.2) is 0 Å². The van der Waals surface area contributed by atoms with E-state index in [1.54, 1.807) is 0 Å². The van der Waals surface area contributed by atoms with Crippen LogP contribution in [0.25, 0.3) is 16.5 Å². The van der Waals surface area contributed by atoms with Crippen molar-refractivity contribution in [1.29, 1.82) is 0 Å². The highest BCUT2D eigenvalue weighted by atomic mass is 35.5. The molecule has 1 aliphatic rings. The minimum Gasteiger partial charge on any atom is -0.475 e. The van der Waals surface area contributed by atoms with E-state index in [0.717, 1.165) is 17.9 Å². The second-order valence-corrected chi connectivity index (χ2v) is 6.46. The van der Waals surface area contributed by atoms with Crippen LogP contribution in [0.4, 0.5) is 0 Å². The number of fused-ring (bicyclic) bond motifs is 1. The first-order valence-corrected chi connectivity index (χ1v) is 8.71. The van der Waals surface area contributed by atoms with E-state index in [1.807, 2.05) is 10.7 Å². The fourth-order valence-corrected chi connectivity index (χ4v) is 3.37. The summed E-state index contributed by atoms with van der Waals surface area (Å²) in [4.78, 5) is 2.45. The van der Waals surface area contributed by atoms with Gasteiger partial charge in [-0.05, 0) is 55.8 Å². The van der Waals surface area contributed by atoms with E-state index in [1.165, 1.54) is 36.7 Å². The molecule has 0 atom stereocenters. The van der Waals surface area contributed by atoms with E-state index in [-0.39, 0.29) is 12.4 Å². The molecule has 5 heteroatoms. The number of likely N-dealkylation sites (tertiary alicyclic amines) is 1. The normalized spacial score (nSPS) is 14.6. The Hall–Kier alpha value is -2.04. The topological polar surface area (TPSA) is 30.3 Å². The Morgan fingerprint density at radius 3 is 2.56 bits per heavy atom. The highest BCUT2D eigenvalue weighted by Gasteiger charge is 2.12. The molecular formula is C20H24ClN3O. The molecule has 2 aromatic carbocycles. The lowest BCUT2D eigenvalue weighted by atomic mass is 10.1. The predicted molar refractivity (Wildman–Crippen MR) is 104 cm³/mol. The van der Waals surface area contributed by atoms with Gasteiger partial charge in [0.2, 0.25) is 5.88 Å². The molecule has 1 aliphatic heterocycles. The van der Waals surface area contributed by atoms with Crippen LogP contribution in [0.1, 0.15) is 18.5 Å². The molecule has 1 saturated heterocycles. The predicted octanol–water partition coefficient (Wildman–Crippen LogP) is 4.23.